The highest BCUT2D eigenvalue weighted by molar-refractivity contribution is 4.98. The number of hydrogen-bond acceptors (Lipinski definition) is 4. The normalized spacial score (nSPS) is 10.5. The molecule has 0 spiro atoms. The maximum Gasteiger partial charge on any atom is 0.150 e. The molecule has 0 aromatic carbocycles. The third-order valence-corrected chi connectivity index (χ3v) is 1.66. The van der Waals surface area contributed by atoms with E-state index in [4.69, 9.17) is 4.52 Å². The standard InChI is InChI=1S/C8H10N4O/c1-3-10-12-7(1)5-9-6-8-2-4-11-13-8/h1-4,9H,5-6H2,(H,10,12). The summed E-state index contributed by atoms with van der Waals surface area (Å²) in [6.45, 7) is 1.43. The summed E-state index contributed by atoms with van der Waals surface area (Å²) in [4.78, 5) is 0. The monoisotopic (exact) mass is 178 g/mol. The topological polar surface area (TPSA) is 66.7 Å². The van der Waals surface area contributed by atoms with Crippen LogP contribution in [0.3, 0.4) is 0 Å². The Balaban J connectivity index is 1.76. The van der Waals surface area contributed by atoms with Gasteiger partial charge in [-0.2, -0.15) is 5.10 Å². The van der Waals surface area contributed by atoms with Crippen LogP contribution in [0, 0.1) is 0 Å². The molecule has 0 unspecified atom stereocenters. The molecule has 0 fully saturated rings. The van der Waals surface area contributed by atoms with Crippen molar-refractivity contribution in [3.63, 3.8) is 0 Å². The Hall–Kier alpha value is -1.62. The van der Waals surface area contributed by atoms with Gasteiger partial charge in [0, 0.05) is 24.5 Å². The molecule has 0 atom stereocenters. The lowest BCUT2D eigenvalue weighted by Crippen LogP contribution is -2.12. The summed E-state index contributed by atoms with van der Waals surface area (Å²) >= 11 is 0. The SMILES string of the molecule is c1cc(CNCc2ccno2)[nH]n1. The quantitative estimate of drug-likeness (QED) is 0.722. The zero-order valence-electron chi connectivity index (χ0n) is 7.03. The summed E-state index contributed by atoms with van der Waals surface area (Å²) in [5.74, 6) is 0.833. The Morgan fingerprint density at radius 2 is 2.31 bits per heavy atom. The van der Waals surface area contributed by atoms with Crippen molar-refractivity contribution in [2.24, 2.45) is 0 Å². The van der Waals surface area contributed by atoms with E-state index < -0.39 is 0 Å². The van der Waals surface area contributed by atoms with Gasteiger partial charge in [0.15, 0.2) is 0 Å². The second-order valence-corrected chi connectivity index (χ2v) is 2.66. The Morgan fingerprint density at radius 1 is 1.31 bits per heavy atom. The van der Waals surface area contributed by atoms with E-state index in [1.807, 2.05) is 12.1 Å². The highest BCUT2D eigenvalue weighted by Gasteiger charge is 1.96. The van der Waals surface area contributed by atoms with Gasteiger partial charge < -0.3 is 9.84 Å². The minimum absolute atomic E-state index is 0.680. The van der Waals surface area contributed by atoms with Gasteiger partial charge in [-0.1, -0.05) is 5.16 Å². The summed E-state index contributed by atoms with van der Waals surface area (Å²) in [7, 11) is 0. The summed E-state index contributed by atoms with van der Waals surface area (Å²) in [6, 6.07) is 3.76. The number of H-pyrrole nitrogens is 1. The van der Waals surface area contributed by atoms with Gasteiger partial charge in [0.1, 0.15) is 5.76 Å². The highest BCUT2D eigenvalue weighted by Crippen LogP contribution is 1.96. The zero-order chi connectivity index (χ0) is 8.93. The molecule has 2 rings (SSSR count). The lowest BCUT2D eigenvalue weighted by atomic mass is 10.4. The molecule has 2 heterocycles. The number of nitrogens with one attached hydrogen (secondary N) is 2. The van der Waals surface area contributed by atoms with Crippen LogP contribution >= 0.6 is 0 Å². The van der Waals surface area contributed by atoms with Gasteiger partial charge in [-0.15, -0.1) is 0 Å². The zero-order valence-corrected chi connectivity index (χ0v) is 7.03. The van der Waals surface area contributed by atoms with Crippen LogP contribution in [0.2, 0.25) is 0 Å². The van der Waals surface area contributed by atoms with Crippen molar-refractivity contribution >= 4 is 0 Å². The van der Waals surface area contributed by atoms with Gasteiger partial charge in [0.2, 0.25) is 0 Å². The van der Waals surface area contributed by atoms with E-state index >= 15 is 0 Å². The molecule has 0 radical (unpaired) electrons. The Morgan fingerprint density at radius 3 is 3.00 bits per heavy atom. The first-order chi connectivity index (χ1) is 6.45. The van der Waals surface area contributed by atoms with Crippen molar-refractivity contribution in [2.75, 3.05) is 0 Å². The molecule has 5 nitrogen and oxygen atoms in total. The number of rotatable bonds is 4. The summed E-state index contributed by atoms with van der Waals surface area (Å²) in [5.41, 5.74) is 1.06. The van der Waals surface area contributed by atoms with Crippen molar-refractivity contribution in [1.82, 2.24) is 20.7 Å². The van der Waals surface area contributed by atoms with Crippen LogP contribution in [-0.2, 0) is 13.1 Å². The van der Waals surface area contributed by atoms with Gasteiger partial charge in [-0.3, -0.25) is 5.10 Å². The van der Waals surface area contributed by atoms with Gasteiger partial charge in [0.25, 0.3) is 0 Å². The van der Waals surface area contributed by atoms with E-state index in [1.54, 1.807) is 12.4 Å². The molecule has 2 aromatic heterocycles. The van der Waals surface area contributed by atoms with E-state index in [1.165, 1.54) is 0 Å². The summed E-state index contributed by atoms with van der Waals surface area (Å²) < 4.78 is 4.91. The number of nitrogens with zero attached hydrogens (tertiary/aromatic N) is 2. The first kappa shape index (κ1) is 8.00. The average molecular weight is 178 g/mol. The minimum atomic E-state index is 0.680. The predicted octanol–water partition coefficient (Wildman–Crippen LogP) is 0.687. The van der Waals surface area contributed by atoms with Crippen molar-refractivity contribution in [1.29, 1.82) is 0 Å². The smallest absolute Gasteiger partial charge is 0.150 e. The van der Waals surface area contributed by atoms with Crippen LogP contribution in [0.25, 0.3) is 0 Å². The predicted molar refractivity (Wildman–Crippen MR) is 45.6 cm³/mol. The first-order valence-corrected chi connectivity index (χ1v) is 4.03. The highest BCUT2D eigenvalue weighted by atomic mass is 16.5. The van der Waals surface area contributed by atoms with E-state index in [-0.39, 0.29) is 0 Å². The summed E-state index contributed by atoms with van der Waals surface area (Å²) in [6.07, 6.45) is 3.36. The van der Waals surface area contributed by atoms with Crippen LogP contribution in [0.5, 0.6) is 0 Å². The molecule has 5 heteroatoms. The lowest BCUT2D eigenvalue weighted by Gasteiger charge is -1.98. The van der Waals surface area contributed by atoms with Crippen LogP contribution in [0.4, 0.5) is 0 Å². The molecular formula is C8H10N4O. The van der Waals surface area contributed by atoms with Crippen LogP contribution in [0.1, 0.15) is 11.5 Å². The van der Waals surface area contributed by atoms with Gasteiger partial charge in [0.05, 0.1) is 12.7 Å². The number of hydrogen-bond donors (Lipinski definition) is 2. The molecule has 0 aliphatic heterocycles. The fraction of sp³-hybridized carbons (Fsp3) is 0.250. The molecule has 0 aliphatic rings. The molecule has 0 bridgehead atoms. The van der Waals surface area contributed by atoms with Gasteiger partial charge in [-0.25, -0.2) is 0 Å². The maximum absolute atomic E-state index is 4.91. The lowest BCUT2D eigenvalue weighted by molar-refractivity contribution is 0.372. The second-order valence-electron chi connectivity index (χ2n) is 2.66. The van der Waals surface area contributed by atoms with E-state index in [2.05, 4.69) is 20.7 Å². The average Bonchev–Trinajstić information content (AvgIpc) is 2.75. The second kappa shape index (κ2) is 3.86. The van der Waals surface area contributed by atoms with Crippen molar-refractivity contribution in [3.05, 3.63) is 36.0 Å². The largest absolute Gasteiger partial charge is 0.360 e. The van der Waals surface area contributed by atoms with Crippen molar-refractivity contribution in [2.45, 2.75) is 13.1 Å². The third-order valence-electron chi connectivity index (χ3n) is 1.66. The maximum atomic E-state index is 4.91. The number of aromatic nitrogens is 3. The molecule has 0 aliphatic carbocycles. The van der Waals surface area contributed by atoms with Crippen LogP contribution in [-0.4, -0.2) is 15.4 Å². The van der Waals surface area contributed by atoms with E-state index in [0.717, 1.165) is 18.0 Å². The molecule has 0 saturated heterocycles. The Bertz CT molecular complexity index is 293. The molecule has 2 N–H and O–H groups in total. The van der Waals surface area contributed by atoms with E-state index in [9.17, 15) is 0 Å². The molecule has 0 amide bonds. The van der Waals surface area contributed by atoms with Crippen molar-refractivity contribution in [3.8, 4) is 0 Å². The Labute approximate surface area is 75.1 Å². The summed E-state index contributed by atoms with van der Waals surface area (Å²) in [5, 5.41) is 13.5. The minimum Gasteiger partial charge on any atom is -0.360 e. The molecule has 13 heavy (non-hydrogen) atoms. The van der Waals surface area contributed by atoms with Gasteiger partial charge >= 0.3 is 0 Å². The Kier molecular flexibility index (Phi) is 2.38. The number of aromatic amines is 1. The van der Waals surface area contributed by atoms with E-state index in [0.29, 0.717) is 6.54 Å². The fourth-order valence-electron chi connectivity index (χ4n) is 1.04. The fourth-order valence-corrected chi connectivity index (χ4v) is 1.04. The van der Waals surface area contributed by atoms with Crippen LogP contribution in [0.15, 0.2) is 29.0 Å². The molecule has 2 aromatic rings. The first-order valence-electron chi connectivity index (χ1n) is 4.03. The van der Waals surface area contributed by atoms with Gasteiger partial charge in [-0.05, 0) is 6.07 Å². The third kappa shape index (κ3) is 2.16. The molecule has 68 valence electrons. The molecular weight excluding hydrogens is 168 g/mol. The van der Waals surface area contributed by atoms with Crippen LogP contribution < -0.4 is 5.32 Å². The molecule has 0 saturated carbocycles. The van der Waals surface area contributed by atoms with Crippen molar-refractivity contribution < 1.29 is 4.52 Å².